The molecule has 4 heteroatoms. The number of benzene rings is 1. The average molecular weight is 794 g/mol. The van der Waals surface area contributed by atoms with Gasteiger partial charge in [0.25, 0.3) is 0 Å². The SMILES string of the molecule is Cl.Cl.c1ccc(CN2CC3(CCCCCCCCCCCCCCCCCCCCCCCCCCCCCCCCCCCCCCCCN3)C2)cc1. The van der Waals surface area contributed by atoms with Crippen LogP contribution >= 0.6 is 24.8 Å². The zero-order valence-corrected chi connectivity index (χ0v) is 37.7. The van der Waals surface area contributed by atoms with Crippen LogP contribution in [0.15, 0.2) is 30.3 Å². The highest BCUT2D eigenvalue weighted by Crippen LogP contribution is 2.29. The van der Waals surface area contributed by atoms with Crippen molar-refractivity contribution in [1.82, 2.24) is 10.2 Å². The molecule has 0 bridgehead atoms. The molecule has 54 heavy (non-hydrogen) atoms. The first kappa shape index (κ1) is 51.7. The molecule has 318 valence electrons. The van der Waals surface area contributed by atoms with Crippen LogP contribution in [-0.2, 0) is 6.54 Å². The summed E-state index contributed by atoms with van der Waals surface area (Å²) < 4.78 is 0. The van der Waals surface area contributed by atoms with Crippen molar-refractivity contribution in [3.63, 3.8) is 0 Å². The standard InChI is InChI=1S/C50H92N2.2ClH/c1-2-4-6-8-10-12-14-16-18-20-22-24-26-28-30-32-34-36-41-45-51-50(47-52(48-50)46-49-42-38-37-39-43-49)44-40-35-33-31-29-27-25-23-21-19-17-15-13-11-9-7-5-3-1;;/h37-39,42-43,51H,1-36,40-41,44-48H2;2*1H. The molecule has 0 atom stereocenters. The topological polar surface area (TPSA) is 15.3 Å². The van der Waals surface area contributed by atoms with E-state index in [0.717, 1.165) is 6.54 Å². The Morgan fingerprint density at radius 2 is 0.611 bits per heavy atom. The van der Waals surface area contributed by atoms with Crippen molar-refractivity contribution in [2.24, 2.45) is 0 Å². The average Bonchev–Trinajstić information content (AvgIpc) is 3.14. The predicted octanol–water partition coefficient (Wildman–Crippen LogP) is 16.9. The van der Waals surface area contributed by atoms with Gasteiger partial charge in [0.1, 0.15) is 0 Å². The number of rotatable bonds is 2. The van der Waals surface area contributed by atoms with E-state index in [1.54, 1.807) is 0 Å². The molecule has 1 N–H and O–H groups in total. The number of halogens is 2. The second-order valence-corrected chi connectivity index (χ2v) is 18.0. The van der Waals surface area contributed by atoms with Gasteiger partial charge in [-0.15, -0.1) is 24.8 Å². The second-order valence-electron chi connectivity index (χ2n) is 18.0. The van der Waals surface area contributed by atoms with E-state index in [-0.39, 0.29) is 24.8 Å². The van der Waals surface area contributed by atoms with Crippen molar-refractivity contribution in [2.75, 3.05) is 19.6 Å². The zero-order valence-electron chi connectivity index (χ0n) is 36.1. The number of nitrogens with zero attached hydrogens (tertiary/aromatic N) is 1. The fourth-order valence-electron chi connectivity index (χ4n) is 9.43. The Hall–Kier alpha value is -0.280. The van der Waals surface area contributed by atoms with Crippen molar-refractivity contribution >= 4 is 24.8 Å². The second kappa shape index (κ2) is 38.2. The van der Waals surface area contributed by atoms with Gasteiger partial charge < -0.3 is 5.32 Å². The predicted molar refractivity (Wildman–Crippen MR) is 247 cm³/mol. The Bertz CT molecular complexity index is 829. The van der Waals surface area contributed by atoms with Gasteiger partial charge in [-0.05, 0) is 24.9 Å². The highest BCUT2D eigenvalue weighted by molar-refractivity contribution is 5.85. The third kappa shape index (κ3) is 29.0. The van der Waals surface area contributed by atoms with Crippen LogP contribution in [-0.4, -0.2) is 30.1 Å². The summed E-state index contributed by atoms with van der Waals surface area (Å²) in [5, 5.41) is 4.12. The summed E-state index contributed by atoms with van der Waals surface area (Å²) in [5.41, 5.74) is 1.84. The van der Waals surface area contributed by atoms with E-state index in [1.165, 1.54) is 276 Å². The van der Waals surface area contributed by atoms with Crippen LogP contribution in [0.2, 0.25) is 0 Å². The lowest BCUT2D eigenvalue weighted by Crippen LogP contribution is -2.68. The summed E-state index contributed by atoms with van der Waals surface area (Å²) in [5.74, 6) is 0. The summed E-state index contributed by atoms with van der Waals surface area (Å²) in [6, 6.07) is 11.1. The number of hydrogen-bond donors (Lipinski definition) is 1. The van der Waals surface area contributed by atoms with Crippen molar-refractivity contribution in [3.8, 4) is 0 Å². The molecule has 0 unspecified atom stereocenters. The first-order valence-electron chi connectivity index (χ1n) is 24.4. The molecule has 0 amide bonds. The van der Waals surface area contributed by atoms with E-state index >= 15 is 0 Å². The molecular weight excluding hydrogens is 699 g/mol. The first-order valence-corrected chi connectivity index (χ1v) is 24.4. The monoisotopic (exact) mass is 793 g/mol. The van der Waals surface area contributed by atoms with Crippen LogP contribution < -0.4 is 5.32 Å². The van der Waals surface area contributed by atoms with Crippen LogP contribution in [0.4, 0.5) is 0 Å². The maximum atomic E-state index is 4.12. The Morgan fingerprint density at radius 1 is 0.352 bits per heavy atom. The van der Waals surface area contributed by atoms with Crippen molar-refractivity contribution < 1.29 is 0 Å². The van der Waals surface area contributed by atoms with Crippen LogP contribution in [0.3, 0.4) is 0 Å². The molecule has 2 aliphatic heterocycles. The molecule has 2 nitrogen and oxygen atoms in total. The van der Waals surface area contributed by atoms with Crippen LogP contribution in [0, 0.1) is 0 Å². The van der Waals surface area contributed by atoms with E-state index in [9.17, 15) is 0 Å². The van der Waals surface area contributed by atoms with Gasteiger partial charge >= 0.3 is 0 Å². The number of hydrogen-bond acceptors (Lipinski definition) is 2. The molecule has 1 spiro atoms. The van der Waals surface area contributed by atoms with Crippen molar-refractivity contribution in [2.45, 2.75) is 262 Å². The lowest BCUT2D eigenvalue weighted by Gasteiger charge is -2.51. The van der Waals surface area contributed by atoms with Gasteiger partial charge in [-0.1, -0.05) is 268 Å². The largest absolute Gasteiger partial charge is 0.309 e. The molecule has 2 fully saturated rings. The number of likely N-dealkylation sites (tertiary alicyclic amines) is 1. The van der Waals surface area contributed by atoms with Gasteiger partial charge in [0.05, 0.1) is 0 Å². The molecular formula is C50H94Cl2N2. The van der Waals surface area contributed by atoms with Gasteiger partial charge in [0, 0.05) is 25.2 Å². The lowest BCUT2D eigenvalue weighted by molar-refractivity contribution is 0.0262. The van der Waals surface area contributed by atoms with Crippen molar-refractivity contribution in [1.29, 1.82) is 0 Å². The molecule has 0 aromatic heterocycles. The maximum Gasteiger partial charge on any atom is 0.0437 e. The molecule has 2 heterocycles. The molecule has 0 aliphatic carbocycles. The minimum Gasteiger partial charge on any atom is -0.309 e. The Labute approximate surface area is 351 Å². The van der Waals surface area contributed by atoms with Gasteiger partial charge in [-0.25, -0.2) is 0 Å². The molecule has 2 saturated heterocycles. The third-order valence-corrected chi connectivity index (χ3v) is 12.9. The quantitative estimate of drug-likeness (QED) is 0.321. The Morgan fingerprint density at radius 3 is 0.907 bits per heavy atom. The molecule has 0 saturated carbocycles. The first-order chi connectivity index (χ1) is 25.9. The van der Waals surface area contributed by atoms with Crippen molar-refractivity contribution in [3.05, 3.63) is 35.9 Å². The fraction of sp³-hybridized carbons (Fsp3) is 0.880. The minimum absolute atomic E-state index is 0. The lowest BCUT2D eigenvalue weighted by atomic mass is 9.83. The van der Waals surface area contributed by atoms with E-state index in [2.05, 4.69) is 40.5 Å². The molecule has 1 aromatic rings. The fourth-order valence-corrected chi connectivity index (χ4v) is 9.43. The van der Waals surface area contributed by atoms with E-state index < -0.39 is 0 Å². The highest BCUT2D eigenvalue weighted by atomic mass is 35.5. The summed E-state index contributed by atoms with van der Waals surface area (Å²) in [4.78, 5) is 2.68. The zero-order chi connectivity index (χ0) is 36.3. The molecule has 0 radical (unpaired) electrons. The van der Waals surface area contributed by atoms with Gasteiger partial charge in [-0.2, -0.15) is 0 Å². The van der Waals surface area contributed by atoms with E-state index in [1.807, 2.05) is 0 Å². The molecule has 3 rings (SSSR count). The summed E-state index contributed by atoms with van der Waals surface area (Å²) in [7, 11) is 0. The Balaban J connectivity index is 0.00000729. The smallest absolute Gasteiger partial charge is 0.0437 e. The van der Waals surface area contributed by atoms with Gasteiger partial charge in [0.15, 0.2) is 0 Å². The van der Waals surface area contributed by atoms with E-state index in [4.69, 9.17) is 0 Å². The summed E-state index contributed by atoms with van der Waals surface area (Å²) >= 11 is 0. The van der Waals surface area contributed by atoms with Crippen LogP contribution in [0.1, 0.15) is 256 Å². The highest BCUT2D eigenvalue weighted by Gasteiger charge is 2.41. The van der Waals surface area contributed by atoms with Crippen LogP contribution in [0.25, 0.3) is 0 Å². The molecule has 1 aromatic carbocycles. The maximum absolute atomic E-state index is 4.12. The van der Waals surface area contributed by atoms with Gasteiger partial charge in [0.2, 0.25) is 0 Å². The third-order valence-electron chi connectivity index (χ3n) is 12.9. The Kier molecular flexibility index (Phi) is 36.6. The summed E-state index contributed by atoms with van der Waals surface area (Å²) in [6.07, 6.45) is 57.3. The minimum atomic E-state index is 0. The summed E-state index contributed by atoms with van der Waals surface area (Å²) in [6.45, 7) is 4.81. The normalized spacial score (nSPS) is 23.2. The van der Waals surface area contributed by atoms with Gasteiger partial charge in [-0.3, -0.25) is 4.90 Å². The number of nitrogens with one attached hydrogen (secondary N) is 1. The van der Waals surface area contributed by atoms with Crippen LogP contribution in [0.5, 0.6) is 0 Å². The molecule has 2 aliphatic rings. The van der Waals surface area contributed by atoms with E-state index in [0.29, 0.717) is 5.54 Å².